The molecule has 0 aromatic heterocycles. The smallest absolute Gasteiger partial charge is 0.467 e. The van der Waals surface area contributed by atoms with E-state index in [0.717, 1.165) is 0 Å². The summed E-state index contributed by atoms with van der Waals surface area (Å²) >= 11 is 0. The van der Waals surface area contributed by atoms with Gasteiger partial charge < -0.3 is 4.12 Å². The summed E-state index contributed by atoms with van der Waals surface area (Å²) in [5.74, 6) is 0. The Morgan fingerprint density at radius 1 is 1.29 bits per heavy atom. The molecule has 0 aliphatic carbocycles. The van der Waals surface area contributed by atoms with Crippen LogP contribution in [-0.4, -0.2) is 18.1 Å². The molecule has 1 aromatic carbocycles. The van der Waals surface area contributed by atoms with E-state index in [1.807, 2.05) is 0 Å². The zero-order chi connectivity index (χ0) is 10.1. The van der Waals surface area contributed by atoms with Crippen molar-refractivity contribution in [2.24, 2.45) is 0 Å². The molecule has 0 aliphatic rings. The van der Waals surface area contributed by atoms with Crippen molar-refractivity contribution in [3.63, 3.8) is 0 Å². The fourth-order valence-corrected chi connectivity index (χ4v) is 4.24. The van der Waals surface area contributed by atoms with Crippen molar-refractivity contribution in [3.05, 3.63) is 23.3 Å². The van der Waals surface area contributed by atoms with Crippen LogP contribution in [-0.2, 0) is 4.12 Å². The van der Waals surface area contributed by atoms with Gasteiger partial charge in [-0.05, 0) is 19.6 Å². The van der Waals surface area contributed by atoms with Gasteiger partial charge in [0, 0.05) is 0 Å². The molecule has 0 N–H and O–H groups in total. The molecule has 0 fully saturated rings. The van der Waals surface area contributed by atoms with Crippen molar-refractivity contribution in [3.8, 4) is 0 Å². The van der Waals surface area contributed by atoms with Crippen molar-refractivity contribution >= 4 is 23.3 Å². The molecular weight excluding hydrogens is 231 g/mol. The normalized spacial score (nSPS) is 12.1. The molecule has 0 unspecified atom stereocenters. The van der Waals surface area contributed by atoms with Gasteiger partial charge in [-0.25, -0.2) is 6.07 Å². The van der Waals surface area contributed by atoms with Crippen LogP contribution in [0, 0.1) is 13.8 Å². The molecule has 0 atom stereocenters. The maximum atomic E-state index is 5.99. The summed E-state index contributed by atoms with van der Waals surface area (Å²) in [5, 5.41) is 1.49. The first-order chi connectivity index (χ1) is 5.90. The van der Waals surface area contributed by atoms with Gasteiger partial charge in [-0.2, -0.15) is 17.2 Å². The van der Waals surface area contributed by atoms with Crippen LogP contribution in [0.1, 0.15) is 11.1 Å². The summed E-state index contributed by atoms with van der Waals surface area (Å²) in [6.07, 6.45) is 0. The first kappa shape index (κ1) is 15.4. The predicted octanol–water partition coefficient (Wildman–Crippen LogP) is -1.41. The second-order valence-electron chi connectivity index (χ2n) is 4.57. The molecule has 0 saturated heterocycles. The SMILES string of the molecule is Cc1cc[c-]([SiH2]O[Si](C)(C)C)c1C.[K+]. The van der Waals surface area contributed by atoms with Gasteiger partial charge in [0.05, 0.1) is 0 Å². The molecule has 0 heterocycles. The Morgan fingerprint density at radius 2 is 1.86 bits per heavy atom. The Bertz CT molecular complexity index is 289. The molecule has 1 rings (SSSR count). The fraction of sp³-hybridized carbons (Fsp3) is 0.500. The van der Waals surface area contributed by atoms with Crippen LogP contribution < -0.4 is 56.6 Å². The second kappa shape index (κ2) is 6.20. The Balaban J connectivity index is 0.00000169. The first-order valence-corrected chi connectivity index (χ1v) is 9.45. The first-order valence-electron chi connectivity index (χ1n) is 4.76. The third kappa shape index (κ3) is 4.94. The Labute approximate surface area is 133 Å². The van der Waals surface area contributed by atoms with Gasteiger partial charge in [0.2, 0.25) is 0 Å². The van der Waals surface area contributed by atoms with Crippen LogP contribution in [0.3, 0.4) is 0 Å². The summed E-state index contributed by atoms with van der Waals surface area (Å²) in [7, 11) is -1.75. The van der Waals surface area contributed by atoms with Crippen LogP contribution >= 0.6 is 0 Å². The van der Waals surface area contributed by atoms with Gasteiger partial charge in [-0.15, -0.1) is 5.19 Å². The number of hydrogen-bond acceptors (Lipinski definition) is 1. The number of aryl methyl sites for hydroxylation is 1. The average Bonchev–Trinajstić information content (AvgIpc) is 2.29. The van der Waals surface area contributed by atoms with E-state index in [1.165, 1.54) is 16.3 Å². The molecular formula is C10H19KOSi2. The molecule has 0 radical (unpaired) electrons. The molecule has 14 heavy (non-hydrogen) atoms. The van der Waals surface area contributed by atoms with Gasteiger partial charge >= 0.3 is 51.4 Å². The Hall–Kier alpha value is 1.38. The molecule has 74 valence electrons. The van der Waals surface area contributed by atoms with Gasteiger partial charge in [0.25, 0.3) is 0 Å². The predicted molar refractivity (Wildman–Crippen MR) is 64.1 cm³/mol. The van der Waals surface area contributed by atoms with E-state index in [1.54, 1.807) is 0 Å². The van der Waals surface area contributed by atoms with Crippen LogP contribution in [0.2, 0.25) is 19.6 Å². The maximum absolute atomic E-state index is 5.99. The molecule has 0 spiro atoms. The molecule has 0 amide bonds. The average molecular weight is 251 g/mol. The van der Waals surface area contributed by atoms with Crippen molar-refractivity contribution in [2.45, 2.75) is 33.5 Å². The van der Waals surface area contributed by atoms with Gasteiger partial charge in [0.1, 0.15) is 9.76 Å². The van der Waals surface area contributed by atoms with E-state index >= 15 is 0 Å². The minimum Gasteiger partial charge on any atom is -0.467 e. The zero-order valence-electron chi connectivity index (χ0n) is 10.3. The van der Waals surface area contributed by atoms with Gasteiger partial charge in [-0.1, -0.05) is 13.8 Å². The molecule has 0 bridgehead atoms. The van der Waals surface area contributed by atoms with E-state index in [9.17, 15) is 0 Å². The minimum atomic E-state index is -1.29. The third-order valence-electron chi connectivity index (χ3n) is 2.27. The summed E-state index contributed by atoms with van der Waals surface area (Å²) in [5.41, 5.74) is 2.85. The maximum Gasteiger partial charge on any atom is 1.00 e. The van der Waals surface area contributed by atoms with Crippen molar-refractivity contribution in [1.29, 1.82) is 0 Å². The van der Waals surface area contributed by atoms with E-state index < -0.39 is 18.1 Å². The summed E-state index contributed by atoms with van der Waals surface area (Å²) in [6, 6.07) is 4.43. The fourth-order valence-electron chi connectivity index (χ4n) is 1.18. The standard InChI is InChI=1S/C10H19OSi2.K/c1-8-6-7-10(9(8)2)12-11-13(3,4)5;/h6-7H,12H2,1-5H3;/q-1;+1. The monoisotopic (exact) mass is 250 g/mol. The van der Waals surface area contributed by atoms with Gasteiger partial charge in [-0.3, -0.25) is 0 Å². The number of rotatable bonds is 3. The molecule has 1 aromatic rings. The molecule has 4 heteroatoms. The van der Waals surface area contributed by atoms with Crippen LogP contribution in [0.4, 0.5) is 0 Å². The molecule has 0 saturated carbocycles. The van der Waals surface area contributed by atoms with Gasteiger partial charge in [0.15, 0.2) is 8.32 Å². The Morgan fingerprint density at radius 3 is 2.21 bits per heavy atom. The third-order valence-corrected chi connectivity index (χ3v) is 7.39. The number of hydrogen-bond donors (Lipinski definition) is 0. The molecule has 1 nitrogen and oxygen atoms in total. The molecule has 0 aliphatic heterocycles. The largest absolute Gasteiger partial charge is 1.00 e. The minimum absolute atomic E-state index is 0. The van der Waals surface area contributed by atoms with Crippen LogP contribution in [0.15, 0.2) is 12.1 Å². The van der Waals surface area contributed by atoms with Crippen LogP contribution in [0.25, 0.3) is 0 Å². The van der Waals surface area contributed by atoms with Crippen molar-refractivity contribution < 1.29 is 55.5 Å². The Kier molecular flexibility index (Phi) is 6.81. The summed E-state index contributed by atoms with van der Waals surface area (Å²) in [6.45, 7) is 11.1. The van der Waals surface area contributed by atoms with E-state index in [4.69, 9.17) is 4.12 Å². The van der Waals surface area contributed by atoms with E-state index in [2.05, 4.69) is 45.6 Å². The zero-order valence-corrected chi connectivity index (χ0v) is 15.8. The van der Waals surface area contributed by atoms with Crippen LogP contribution in [0.5, 0.6) is 0 Å². The topological polar surface area (TPSA) is 9.23 Å². The van der Waals surface area contributed by atoms with E-state index in [-0.39, 0.29) is 51.4 Å². The van der Waals surface area contributed by atoms with Crippen molar-refractivity contribution in [1.82, 2.24) is 0 Å². The van der Waals surface area contributed by atoms with E-state index in [0.29, 0.717) is 0 Å². The quantitative estimate of drug-likeness (QED) is 0.473. The summed E-state index contributed by atoms with van der Waals surface area (Å²) in [4.78, 5) is 0. The summed E-state index contributed by atoms with van der Waals surface area (Å²) < 4.78 is 5.99. The second-order valence-corrected chi connectivity index (χ2v) is 11.0. The van der Waals surface area contributed by atoms with Crippen molar-refractivity contribution in [2.75, 3.05) is 0 Å².